The Balaban J connectivity index is 1.41. The Morgan fingerprint density at radius 1 is 1.36 bits per heavy atom. The topological polar surface area (TPSA) is 98.7 Å². The lowest BCUT2D eigenvalue weighted by atomic mass is 10.2. The van der Waals surface area contributed by atoms with Crippen molar-refractivity contribution >= 4 is 39.8 Å². The highest BCUT2D eigenvalue weighted by atomic mass is 32.2. The minimum Gasteiger partial charge on any atom is -0.370 e. The van der Waals surface area contributed by atoms with Crippen molar-refractivity contribution in [3.63, 3.8) is 0 Å². The van der Waals surface area contributed by atoms with Crippen molar-refractivity contribution in [1.29, 1.82) is 0 Å². The molecule has 0 spiro atoms. The van der Waals surface area contributed by atoms with E-state index in [1.807, 2.05) is 22.8 Å². The number of hydrogen-bond acceptors (Lipinski definition) is 7. The van der Waals surface area contributed by atoms with Crippen molar-refractivity contribution in [3.05, 3.63) is 46.7 Å². The molecule has 28 heavy (non-hydrogen) atoms. The number of amides is 1. The number of primary amides is 1. The number of aryl methyl sites for hydroxylation is 1. The van der Waals surface area contributed by atoms with E-state index in [2.05, 4.69) is 38.9 Å². The second-order valence-corrected chi connectivity index (χ2v) is 8.66. The molecule has 4 rings (SSSR count). The number of nitrogens with zero attached hydrogens (tertiary/aromatic N) is 4. The van der Waals surface area contributed by atoms with Gasteiger partial charge in [0.15, 0.2) is 10.3 Å². The summed E-state index contributed by atoms with van der Waals surface area (Å²) in [6.07, 6.45) is 2.57. The lowest BCUT2D eigenvalue weighted by Gasteiger charge is -2.08. The molecule has 1 saturated carbocycles. The maximum Gasteiger partial charge on any atom is 0.219 e. The summed E-state index contributed by atoms with van der Waals surface area (Å²) in [6.45, 7) is 2.61. The fourth-order valence-electron chi connectivity index (χ4n) is 2.88. The number of carbonyl (C=O) groups excluding carboxylic acids is 1. The smallest absolute Gasteiger partial charge is 0.219 e. The summed E-state index contributed by atoms with van der Waals surface area (Å²) in [6, 6.07) is 8.15. The van der Waals surface area contributed by atoms with Crippen LogP contribution in [0.4, 0.5) is 10.8 Å². The molecule has 2 heterocycles. The average molecular weight is 415 g/mol. The van der Waals surface area contributed by atoms with Crippen LogP contribution in [0, 0.1) is 6.92 Å². The van der Waals surface area contributed by atoms with Gasteiger partial charge in [0.25, 0.3) is 0 Å². The van der Waals surface area contributed by atoms with Crippen molar-refractivity contribution in [1.82, 2.24) is 19.7 Å². The number of anilines is 2. The second kappa shape index (κ2) is 8.32. The number of para-hydroxylation sites is 1. The van der Waals surface area contributed by atoms with Gasteiger partial charge in [-0.3, -0.25) is 4.79 Å². The predicted molar refractivity (Wildman–Crippen MR) is 112 cm³/mol. The number of aromatic nitrogens is 4. The molecule has 1 fully saturated rings. The molecule has 9 heteroatoms. The molecule has 1 aliphatic rings. The van der Waals surface area contributed by atoms with Crippen molar-refractivity contribution in [2.75, 3.05) is 5.32 Å². The zero-order valence-electron chi connectivity index (χ0n) is 15.6. The molecule has 0 aliphatic heterocycles. The summed E-state index contributed by atoms with van der Waals surface area (Å²) in [4.78, 5) is 15.9. The summed E-state index contributed by atoms with van der Waals surface area (Å²) < 4.78 is 2.05. The summed E-state index contributed by atoms with van der Waals surface area (Å²) in [7, 11) is 0. The van der Waals surface area contributed by atoms with E-state index in [0.29, 0.717) is 24.6 Å². The Hall–Kier alpha value is -2.39. The lowest BCUT2D eigenvalue weighted by Crippen LogP contribution is -2.15. The average Bonchev–Trinajstić information content (AvgIpc) is 3.28. The van der Waals surface area contributed by atoms with Crippen LogP contribution in [-0.4, -0.2) is 25.7 Å². The van der Waals surface area contributed by atoms with Gasteiger partial charge in [-0.2, -0.15) is 0 Å². The molecule has 3 N–H and O–H groups in total. The Bertz CT molecular complexity index is 978. The van der Waals surface area contributed by atoms with Crippen molar-refractivity contribution in [3.8, 4) is 0 Å². The van der Waals surface area contributed by atoms with E-state index in [4.69, 9.17) is 5.73 Å². The van der Waals surface area contributed by atoms with Gasteiger partial charge in [-0.15, -0.1) is 21.5 Å². The highest BCUT2D eigenvalue weighted by Crippen LogP contribution is 2.40. The molecule has 0 bridgehead atoms. The Morgan fingerprint density at radius 3 is 2.93 bits per heavy atom. The van der Waals surface area contributed by atoms with Crippen molar-refractivity contribution < 1.29 is 4.79 Å². The molecule has 146 valence electrons. The molecule has 1 amide bonds. The first-order valence-electron chi connectivity index (χ1n) is 9.21. The highest BCUT2D eigenvalue weighted by molar-refractivity contribution is 7.98. The van der Waals surface area contributed by atoms with Gasteiger partial charge in [0, 0.05) is 35.7 Å². The molecule has 0 radical (unpaired) electrons. The Morgan fingerprint density at radius 2 is 2.18 bits per heavy atom. The third-order valence-electron chi connectivity index (χ3n) is 4.56. The number of thioether (sulfide) groups is 1. The van der Waals surface area contributed by atoms with E-state index in [-0.39, 0.29) is 5.91 Å². The van der Waals surface area contributed by atoms with E-state index in [9.17, 15) is 4.79 Å². The van der Waals surface area contributed by atoms with Crippen molar-refractivity contribution in [2.24, 2.45) is 5.73 Å². The number of rotatable bonds is 9. The van der Waals surface area contributed by atoms with Gasteiger partial charge in [-0.25, -0.2) is 4.98 Å². The Kier molecular flexibility index (Phi) is 5.63. The van der Waals surface area contributed by atoms with Crippen LogP contribution < -0.4 is 11.1 Å². The van der Waals surface area contributed by atoms with E-state index >= 15 is 0 Å². The number of nitrogens with one attached hydrogen (secondary N) is 1. The van der Waals surface area contributed by atoms with Gasteiger partial charge in [0.1, 0.15) is 5.82 Å². The molecule has 0 unspecified atom stereocenters. The zero-order valence-corrected chi connectivity index (χ0v) is 17.2. The highest BCUT2D eigenvalue weighted by Gasteiger charge is 2.30. The number of benzene rings is 1. The van der Waals surface area contributed by atoms with E-state index in [0.717, 1.165) is 40.3 Å². The molecule has 2 aromatic heterocycles. The summed E-state index contributed by atoms with van der Waals surface area (Å²) >= 11 is 3.18. The molecule has 0 atom stereocenters. The van der Waals surface area contributed by atoms with Gasteiger partial charge in [-0.1, -0.05) is 30.0 Å². The minimum atomic E-state index is -0.308. The van der Waals surface area contributed by atoms with Crippen LogP contribution in [-0.2, 0) is 17.1 Å². The third-order valence-corrected chi connectivity index (χ3v) is 6.36. The van der Waals surface area contributed by atoms with Crippen LogP contribution in [0.2, 0.25) is 0 Å². The SMILES string of the molecule is Cc1ccccc1Nc1nc(CSc2nnc(C3CC3)n2CCC(N)=O)cs1. The maximum absolute atomic E-state index is 11.2. The summed E-state index contributed by atoms with van der Waals surface area (Å²) in [5.74, 6) is 1.84. The second-order valence-electron chi connectivity index (χ2n) is 6.86. The third kappa shape index (κ3) is 4.53. The Labute approximate surface area is 171 Å². The monoisotopic (exact) mass is 414 g/mol. The zero-order chi connectivity index (χ0) is 19.5. The minimum absolute atomic E-state index is 0.298. The number of nitrogens with two attached hydrogens (primary N) is 1. The fourth-order valence-corrected chi connectivity index (χ4v) is 4.57. The van der Waals surface area contributed by atoms with E-state index in [1.165, 1.54) is 5.56 Å². The van der Waals surface area contributed by atoms with Gasteiger partial charge in [-0.05, 0) is 31.4 Å². The van der Waals surface area contributed by atoms with Gasteiger partial charge in [0.2, 0.25) is 5.91 Å². The number of carbonyl (C=O) groups is 1. The molecule has 0 saturated heterocycles. The molecular weight excluding hydrogens is 392 g/mol. The maximum atomic E-state index is 11.2. The van der Waals surface area contributed by atoms with Crippen LogP contribution in [0.15, 0.2) is 34.8 Å². The fraction of sp³-hybridized carbons (Fsp3) is 0.368. The van der Waals surface area contributed by atoms with Crippen LogP contribution in [0.1, 0.15) is 42.3 Å². The largest absolute Gasteiger partial charge is 0.370 e. The first-order valence-corrected chi connectivity index (χ1v) is 11.1. The predicted octanol–water partition coefficient (Wildman–Crippen LogP) is 3.83. The molecule has 1 aromatic carbocycles. The first-order chi connectivity index (χ1) is 13.6. The summed E-state index contributed by atoms with van der Waals surface area (Å²) in [5.41, 5.74) is 8.57. The first kappa shape index (κ1) is 18.9. The number of hydrogen-bond donors (Lipinski definition) is 2. The molecule has 3 aromatic rings. The van der Waals surface area contributed by atoms with Crippen LogP contribution in [0.3, 0.4) is 0 Å². The van der Waals surface area contributed by atoms with E-state index in [1.54, 1.807) is 23.1 Å². The molecule has 1 aliphatic carbocycles. The van der Waals surface area contributed by atoms with Gasteiger partial charge < -0.3 is 15.6 Å². The number of thiazole rings is 1. The molecule has 7 nitrogen and oxygen atoms in total. The standard InChI is InChI=1S/C19H22N6OS2/c1-12-4-2-3-5-15(12)22-18-21-14(10-27-18)11-28-19-24-23-17(13-6-7-13)25(19)9-8-16(20)26/h2-5,10,13H,6-9,11H2,1H3,(H2,20,26)(H,21,22). The van der Waals surface area contributed by atoms with Crippen LogP contribution in [0.25, 0.3) is 0 Å². The van der Waals surface area contributed by atoms with E-state index < -0.39 is 0 Å². The molecular formula is C19H22N6OS2. The van der Waals surface area contributed by atoms with Crippen molar-refractivity contribution in [2.45, 2.75) is 49.6 Å². The van der Waals surface area contributed by atoms with Crippen LogP contribution in [0.5, 0.6) is 0 Å². The normalized spacial score (nSPS) is 13.6. The summed E-state index contributed by atoms with van der Waals surface area (Å²) in [5, 5.41) is 15.8. The van der Waals surface area contributed by atoms with Gasteiger partial charge >= 0.3 is 0 Å². The quantitative estimate of drug-likeness (QED) is 0.516. The van der Waals surface area contributed by atoms with Crippen LogP contribution >= 0.6 is 23.1 Å². The van der Waals surface area contributed by atoms with Gasteiger partial charge in [0.05, 0.1) is 5.69 Å². The lowest BCUT2D eigenvalue weighted by molar-refractivity contribution is -0.118.